The van der Waals surface area contributed by atoms with Crippen LogP contribution in [0.2, 0.25) is 0 Å². The van der Waals surface area contributed by atoms with E-state index in [1.54, 1.807) is 12.1 Å². The van der Waals surface area contributed by atoms with Crippen molar-refractivity contribution in [2.24, 2.45) is 0 Å². The fraction of sp³-hybridized carbons (Fsp3) is 0.667. The highest BCUT2D eigenvalue weighted by atomic mass is 32.2. The molecule has 1 aromatic heterocycles. The average Bonchev–Trinajstić information content (AvgIpc) is 3.04. The van der Waals surface area contributed by atoms with E-state index in [1.807, 2.05) is 13.8 Å². The zero-order valence-electron chi connectivity index (χ0n) is 14.1. The fourth-order valence-electron chi connectivity index (χ4n) is 2.52. The van der Waals surface area contributed by atoms with Gasteiger partial charge < -0.3 is 15.4 Å². The van der Waals surface area contributed by atoms with E-state index in [0.29, 0.717) is 43.5 Å². The van der Waals surface area contributed by atoms with E-state index in [-0.39, 0.29) is 11.9 Å². The molecule has 1 unspecified atom stereocenters. The van der Waals surface area contributed by atoms with E-state index >= 15 is 0 Å². The van der Waals surface area contributed by atoms with Crippen LogP contribution in [-0.4, -0.2) is 57.5 Å². The highest BCUT2D eigenvalue weighted by molar-refractivity contribution is 7.91. The summed E-state index contributed by atoms with van der Waals surface area (Å²) in [6.45, 7) is 6.84. The van der Waals surface area contributed by atoms with Gasteiger partial charge in [-0.3, -0.25) is 4.79 Å². The van der Waals surface area contributed by atoms with Gasteiger partial charge in [-0.05, 0) is 12.1 Å². The summed E-state index contributed by atoms with van der Waals surface area (Å²) in [7, 11) is -3.43. The molecular formula is C15H25N3O4S2. The van der Waals surface area contributed by atoms with Gasteiger partial charge in [0.2, 0.25) is 5.91 Å². The zero-order chi connectivity index (χ0) is 17.6. The Hall–Kier alpha value is -1.00. The number of amides is 1. The maximum Gasteiger partial charge on any atom is 0.252 e. The number of nitrogens with one attached hydrogen (secondary N) is 2. The molecule has 1 aliphatic rings. The third-order valence-electron chi connectivity index (χ3n) is 3.83. The smallest absolute Gasteiger partial charge is 0.252 e. The van der Waals surface area contributed by atoms with Crippen LogP contribution in [0.25, 0.3) is 0 Å². The van der Waals surface area contributed by atoms with E-state index in [1.165, 1.54) is 15.6 Å². The Morgan fingerprint density at radius 1 is 1.42 bits per heavy atom. The maximum absolute atomic E-state index is 12.4. The average molecular weight is 376 g/mol. The number of carbonyl (C=O) groups excluding carboxylic acids is 1. The summed E-state index contributed by atoms with van der Waals surface area (Å²) < 4.78 is 31.9. The summed E-state index contributed by atoms with van der Waals surface area (Å²) in [5, 5.41) is 6.07. The molecule has 9 heteroatoms. The molecule has 1 aliphatic heterocycles. The van der Waals surface area contributed by atoms with Crippen LogP contribution in [0.4, 0.5) is 0 Å². The second kappa shape index (κ2) is 8.91. The van der Waals surface area contributed by atoms with Crippen molar-refractivity contribution < 1.29 is 17.9 Å². The van der Waals surface area contributed by atoms with Crippen LogP contribution in [-0.2, 0) is 26.1 Å². The molecule has 1 aromatic rings. The molecule has 0 aromatic carbocycles. The van der Waals surface area contributed by atoms with Gasteiger partial charge in [0.05, 0.1) is 19.8 Å². The molecular weight excluding hydrogens is 350 g/mol. The molecule has 0 bridgehead atoms. The molecule has 1 amide bonds. The predicted octanol–water partition coefficient (Wildman–Crippen LogP) is 0.773. The summed E-state index contributed by atoms with van der Waals surface area (Å²) in [6, 6.07) is 3.40. The fourth-order valence-corrected chi connectivity index (χ4v) is 5.42. The number of hydrogen-bond donors (Lipinski definition) is 2. The Morgan fingerprint density at radius 3 is 2.79 bits per heavy atom. The first-order valence-electron chi connectivity index (χ1n) is 8.14. The molecule has 136 valence electrons. The topological polar surface area (TPSA) is 87.7 Å². The van der Waals surface area contributed by atoms with E-state index < -0.39 is 10.0 Å². The van der Waals surface area contributed by atoms with Crippen molar-refractivity contribution >= 4 is 27.3 Å². The molecule has 24 heavy (non-hydrogen) atoms. The van der Waals surface area contributed by atoms with Crippen molar-refractivity contribution in [3.63, 3.8) is 0 Å². The van der Waals surface area contributed by atoms with Crippen LogP contribution in [0, 0.1) is 0 Å². The molecule has 0 spiro atoms. The summed E-state index contributed by atoms with van der Waals surface area (Å²) >= 11 is 1.20. The first-order valence-corrected chi connectivity index (χ1v) is 10.4. The minimum Gasteiger partial charge on any atom is -0.378 e. The minimum atomic E-state index is -3.43. The van der Waals surface area contributed by atoms with Gasteiger partial charge in [-0.15, -0.1) is 11.3 Å². The Morgan fingerprint density at radius 2 is 2.17 bits per heavy atom. The third-order valence-corrected chi connectivity index (χ3v) is 7.43. The zero-order valence-corrected chi connectivity index (χ0v) is 15.7. The van der Waals surface area contributed by atoms with Gasteiger partial charge >= 0.3 is 0 Å². The number of ether oxygens (including phenoxy) is 1. The molecule has 7 nitrogen and oxygen atoms in total. The molecule has 0 saturated carbocycles. The lowest BCUT2D eigenvalue weighted by Gasteiger charge is -2.23. The van der Waals surface area contributed by atoms with Crippen LogP contribution < -0.4 is 10.6 Å². The molecule has 1 fully saturated rings. The SMILES string of the molecule is CCN(CC)S(=O)(=O)c1ccc(CNC(=O)CC2COCCN2)s1. The first-order chi connectivity index (χ1) is 11.5. The van der Waals surface area contributed by atoms with Gasteiger partial charge in [-0.1, -0.05) is 13.8 Å². The molecule has 2 rings (SSSR count). The molecule has 2 heterocycles. The minimum absolute atomic E-state index is 0.0423. The number of morpholine rings is 1. The Kier molecular flexibility index (Phi) is 7.17. The van der Waals surface area contributed by atoms with Gasteiger partial charge in [0.1, 0.15) is 4.21 Å². The molecule has 0 aliphatic carbocycles. The van der Waals surface area contributed by atoms with Crippen molar-refractivity contribution in [1.82, 2.24) is 14.9 Å². The quantitative estimate of drug-likeness (QED) is 0.701. The largest absolute Gasteiger partial charge is 0.378 e. The number of carbonyl (C=O) groups is 1. The number of nitrogens with zero attached hydrogens (tertiary/aromatic N) is 1. The lowest BCUT2D eigenvalue weighted by molar-refractivity contribution is -0.122. The van der Waals surface area contributed by atoms with E-state index in [0.717, 1.165) is 11.4 Å². The summed E-state index contributed by atoms with van der Waals surface area (Å²) in [4.78, 5) is 12.8. The van der Waals surface area contributed by atoms with E-state index in [9.17, 15) is 13.2 Å². The predicted molar refractivity (Wildman–Crippen MR) is 93.5 cm³/mol. The second-order valence-electron chi connectivity index (χ2n) is 5.52. The lowest BCUT2D eigenvalue weighted by atomic mass is 10.2. The van der Waals surface area contributed by atoms with E-state index in [4.69, 9.17) is 4.74 Å². The number of rotatable bonds is 8. The summed E-state index contributed by atoms with van der Waals surface area (Å²) in [5.74, 6) is -0.0699. The van der Waals surface area contributed by atoms with E-state index in [2.05, 4.69) is 10.6 Å². The standard InChI is InChI=1S/C15H25N3O4S2/c1-3-18(4-2)24(20,21)15-6-5-13(23-15)10-17-14(19)9-12-11-22-8-7-16-12/h5-6,12,16H,3-4,7-11H2,1-2H3,(H,17,19). The Labute approximate surface area is 147 Å². The Bertz CT molecular complexity index is 635. The molecule has 2 N–H and O–H groups in total. The van der Waals surface area contributed by atoms with Crippen LogP contribution in [0.5, 0.6) is 0 Å². The summed E-state index contributed by atoms with van der Waals surface area (Å²) in [5.41, 5.74) is 0. The lowest BCUT2D eigenvalue weighted by Crippen LogP contribution is -2.44. The number of sulfonamides is 1. The molecule has 0 radical (unpaired) electrons. The van der Waals surface area contributed by atoms with Gasteiger partial charge in [0.15, 0.2) is 0 Å². The van der Waals surface area contributed by atoms with Crippen LogP contribution in [0.15, 0.2) is 16.3 Å². The van der Waals surface area contributed by atoms with Gasteiger partial charge in [0, 0.05) is 37.0 Å². The van der Waals surface area contributed by atoms with Gasteiger partial charge in [-0.2, -0.15) is 4.31 Å². The highest BCUT2D eigenvalue weighted by Crippen LogP contribution is 2.24. The van der Waals surface area contributed by atoms with Crippen LogP contribution in [0.1, 0.15) is 25.1 Å². The summed E-state index contributed by atoms with van der Waals surface area (Å²) in [6.07, 6.45) is 0.357. The van der Waals surface area contributed by atoms with Crippen molar-refractivity contribution in [2.45, 2.75) is 37.1 Å². The van der Waals surface area contributed by atoms with Gasteiger partial charge in [-0.25, -0.2) is 8.42 Å². The number of thiophene rings is 1. The van der Waals surface area contributed by atoms with Crippen molar-refractivity contribution in [3.05, 3.63) is 17.0 Å². The van der Waals surface area contributed by atoms with Gasteiger partial charge in [0.25, 0.3) is 10.0 Å². The molecule has 1 atom stereocenters. The van der Waals surface area contributed by atoms with Crippen molar-refractivity contribution in [3.8, 4) is 0 Å². The first kappa shape index (κ1) is 19.3. The Balaban J connectivity index is 1.88. The monoisotopic (exact) mass is 375 g/mol. The second-order valence-corrected chi connectivity index (χ2v) is 8.85. The third kappa shape index (κ3) is 5.00. The van der Waals surface area contributed by atoms with Crippen molar-refractivity contribution in [2.75, 3.05) is 32.8 Å². The van der Waals surface area contributed by atoms with Crippen molar-refractivity contribution in [1.29, 1.82) is 0 Å². The van der Waals surface area contributed by atoms with Crippen LogP contribution >= 0.6 is 11.3 Å². The molecule has 1 saturated heterocycles. The normalized spacial score (nSPS) is 18.7. The highest BCUT2D eigenvalue weighted by Gasteiger charge is 2.23. The maximum atomic E-state index is 12.4. The van der Waals surface area contributed by atoms with Crippen LogP contribution in [0.3, 0.4) is 0 Å². The number of hydrogen-bond acceptors (Lipinski definition) is 6.